The van der Waals surface area contributed by atoms with Crippen LogP contribution in [0.3, 0.4) is 0 Å². The first-order chi connectivity index (χ1) is 15.9. The monoisotopic (exact) mass is 462 g/mol. The molecule has 1 fully saturated rings. The number of rotatable bonds is 11. The summed E-state index contributed by atoms with van der Waals surface area (Å²) < 4.78 is 11.6. The summed E-state index contributed by atoms with van der Waals surface area (Å²) in [5.41, 5.74) is 2.16. The van der Waals surface area contributed by atoms with Gasteiger partial charge >= 0.3 is 0 Å². The molecule has 0 aliphatic carbocycles. The van der Waals surface area contributed by atoms with E-state index in [-0.39, 0.29) is 17.6 Å². The van der Waals surface area contributed by atoms with Gasteiger partial charge < -0.3 is 40.1 Å². The van der Waals surface area contributed by atoms with Crippen LogP contribution >= 0.6 is 0 Å². The van der Waals surface area contributed by atoms with Crippen LogP contribution in [0.5, 0.6) is 11.5 Å². The molecule has 6 N–H and O–H groups in total. The third-order valence-electron chi connectivity index (χ3n) is 6.04. The lowest BCUT2D eigenvalue weighted by Gasteiger charge is -2.41. The number of ether oxygens (including phenoxy) is 2. The van der Waals surface area contributed by atoms with Crippen LogP contribution in [-0.4, -0.2) is 74.1 Å². The predicted molar refractivity (Wildman–Crippen MR) is 121 cm³/mol. The number of hydrogen-bond donors (Lipinski definition) is 6. The molecular formula is C25H34O8. The number of aryl methyl sites for hydroxylation is 2. The van der Waals surface area contributed by atoms with Crippen molar-refractivity contribution < 1.29 is 40.1 Å². The van der Waals surface area contributed by atoms with Gasteiger partial charge in [-0.3, -0.25) is 0 Å². The topological polar surface area (TPSA) is 140 Å². The largest absolute Gasteiger partial charge is 0.508 e. The lowest BCUT2D eigenvalue weighted by molar-refractivity contribution is -0.312. The molecule has 0 bridgehead atoms. The second-order valence-electron chi connectivity index (χ2n) is 8.57. The van der Waals surface area contributed by atoms with Gasteiger partial charge in [-0.05, 0) is 67.5 Å². The fraction of sp³-hybridized carbons (Fsp3) is 0.520. The Morgan fingerprint density at radius 2 is 1.30 bits per heavy atom. The second-order valence-corrected chi connectivity index (χ2v) is 8.57. The van der Waals surface area contributed by atoms with E-state index in [9.17, 15) is 30.6 Å². The Balaban J connectivity index is 1.58. The van der Waals surface area contributed by atoms with E-state index >= 15 is 0 Å². The maximum absolute atomic E-state index is 10.3. The van der Waals surface area contributed by atoms with Gasteiger partial charge in [0, 0.05) is 0 Å². The first kappa shape index (κ1) is 25.4. The van der Waals surface area contributed by atoms with E-state index in [2.05, 4.69) is 0 Å². The number of aromatic hydroxyl groups is 2. The van der Waals surface area contributed by atoms with Gasteiger partial charge in [-0.25, -0.2) is 0 Å². The van der Waals surface area contributed by atoms with Gasteiger partial charge in [0.15, 0.2) is 6.29 Å². The Hall–Kier alpha value is -2.20. The van der Waals surface area contributed by atoms with Gasteiger partial charge in [-0.1, -0.05) is 30.7 Å². The molecule has 0 aromatic heterocycles. The smallest absolute Gasteiger partial charge is 0.186 e. The second kappa shape index (κ2) is 12.3. The minimum Gasteiger partial charge on any atom is -0.508 e. The van der Waals surface area contributed by atoms with Crippen LogP contribution in [0.4, 0.5) is 0 Å². The third-order valence-corrected chi connectivity index (χ3v) is 6.04. The first-order valence-electron chi connectivity index (χ1n) is 11.4. The number of benzene rings is 2. The molecule has 0 unspecified atom stereocenters. The van der Waals surface area contributed by atoms with E-state index in [1.165, 1.54) is 0 Å². The molecule has 182 valence electrons. The Bertz CT molecular complexity index is 823. The van der Waals surface area contributed by atoms with Gasteiger partial charge in [0.25, 0.3) is 0 Å². The average Bonchev–Trinajstić information content (AvgIpc) is 2.82. The zero-order valence-electron chi connectivity index (χ0n) is 18.5. The summed E-state index contributed by atoms with van der Waals surface area (Å²) in [7, 11) is 0. The Kier molecular flexibility index (Phi) is 9.49. The van der Waals surface area contributed by atoms with Crippen molar-refractivity contribution in [1.82, 2.24) is 0 Å². The van der Waals surface area contributed by atoms with Crippen LogP contribution in [0.1, 0.15) is 36.8 Å². The average molecular weight is 463 g/mol. The minimum atomic E-state index is -1.48. The number of hydrogen-bond acceptors (Lipinski definition) is 8. The molecule has 1 aliphatic heterocycles. The highest BCUT2D eigenvalue weighted by atomic mass is 16.7. The molecule has 0 saturated carbocycles. The highest BCUT2D eigenvalue weighted by molar-refractivity contribution is 5.26. The van der Waals surface area contributed by atoms with Crippen molar-refractivity contribution in [1.29, 1.82) is 0 Å². The van der Waals surface area contributed by atoms with Crippen molar-refractivity contribution in [3.8, 4) is 11.5 Å². The van der Waals surface area contributed by atoms with Crippen LogP contribution in [0, 0.1) is 0 Å². The lowest BCUT2D eigenvalue weighted by Crippen LogP contribution is -2.59. The zero-order chi connectivity index (χ0) is 23.8. The normalized spacial score (nSPS) is 26.2. The van der Waals surface area contributed by atoms with Gasteiger partial charge in [0.1, 0.15) is 35.9 Å². The molecule has 3 rings (SSSR count). The standard InChI is InChI=1S/C25H34O8/c26-15-21-22(29)23(30)24(31)25(33-21)32-20(14-9-17-7-12-19(28)13-8-17)4-2-1-3-16-5-10-18(27)11-6-16/h5-8,10-13,20-31H,1-4,9,14-15H2/t20-,21-,22-,23+,24-,25+/m1/s1. The van der Waals surface area contributed by atoms with Gasteiger partial charge in [0.05, 0.1) is 12.7 Å². The molecule has 1 saturated heterocycles. The van der Waals surface area contributed by atoms with Gasteiger partial charge in [-0.2, -0.15) is 0 Å². The van der Waals surface area contributed by atoms with Crippen molar-refractivity contribution in [3.05, 3.63) is 59.7 Å². The summed E-state index contributed by atoms with van der Waals surface area (Å²) in [5, 5.41) is 58.7. The Morgan fingerprint density at radius 3 is 1.88 bits per heavy atom. The zero-order valence-corrected chi connectivity index (χ0v) is 18.5. The molecule has 0 spiro atoms. The van der Waals surface area contributed by atoms with Crippen molar-refractivity contribution >= 4 is 0 Å². The molecule has 1 aliphatic rings. The van der Waals surface area contributed by atoms with Crippen molar-refractivity contribution in [2.45, 2.75) is 75.3 Å². The number of phenols is 2. The third kappa shape index (κ3) is 7.40. The SMILES string of the molecule is OC[C@H]1O[C@H](O[C@H](CCCCc2ccc(O)cc2)CCc2ccc(O)cc2)[C@H](O)[C@@H](O)[C@@H]1O. The van der Waals surface area contributed by atoms with Gasteiger partial charge in [0.2, 0.25) is 0 Å². The summed E-state index contributed by atoms with van der Waals surface area (Å²) in [6.45, 7) is -0.504. The molecule has 2 aromatic carbocycles. The highest BCUT2D eigenvalue weighted by Crippen LogP contribution is 2.26. The molecule has 1 heterocycles. The van der Waals surface area contributed by atoms with Crippen molar-refractivity contribution in [3.63, 3.8) is 0 Å². The number of unbranched alkanes of at least 4 members (excludes halogenated alkanes) is 1. The van der Waals surface area contributed by atoms with E-state index in [0.717, 1.165) is 30.4 Å². The van der Waals surface area contributed by atoms with Crippen LogP contribution in [0.15, 0.2) is 48.5 Å². The van der Waals surface area contributed by atoms with Crippen LogP contribution in [0.25, 0.3) is 0 Å². The summed E-state index contributed by atoms with van der Waals surface area (Å²) in [6, 6.07) is 14.0. The number of phenolic OH excluding ortho intramolecular Hbond substituents is 2. The van der Waals surface area contributed by atoms with Gasteiger partial charge in [-0.15, -0.1) is 0 Å². The number of aliphatic hydroxyl groups excluding tert-OH is 4. The molecule has 8 heteroatoms. The summed E-state index contributed by atoms with van der Waals surface area (Å²) >= 11 is 0. The fourth-order valence-corrected chi connectivity index (χ4v) is 4.00. The highest BCUT2D eigenvalue weighted by Gasteiger charge is 2.44. The molecule has 2 aromatic rings. The van der Waals surface area contributed by atoms with E-state index < -0.39 is 37.3 Å². The summed E-state index contributed by atoms with van der Waals surface area (Å²) in [4.78, 5) is 0. The van der Waals surface area contributed by atoms with Crippen LogP contribution in [-0.2, 0) is 22.3 Å². The van der Waals surface area contributed by atoms with Crippen molar-refractivity contribution in [2.75, 3.05) is 6.61 Å². The molecule has 8 nitrogen and oxygen atoms in total. The first-order valence-corrected chi connectivity index (χ1v) is 11.4. The Labute approximate surface area is 193 Å². The maximum Gasteiger partial charge on any atom is 0.186 e. The van der Waals surface area contributed by atoms with E-state index in [1.54, 1.807) is 24.3 Å². The van der Waals surface area contributed by atoms with E-state index in [0.29, 0.717) is 19.3 Å². The molecule has 0 radical (unpaired) electrons. The van der Waals surface area contributed by atoms with E-state index in [4.69, 9.17) is 9.47 Å². The molecule has 0 amide bonds. The maximum atomic E-state index is 10.3. The fourth-order valence-electron chi connectivity index (χ4n) is 4.00. The number of aliphatic hydroxyl groups is 4. The quantitative estimate of drug-likeness (QED) is 0.277. The lowest BCUT2D eigenvalue weighted by atomic mass is 9.98. The van der Waals surface area contributed by atoms with Crippen LogP contribution < -0.4 is 0 Å². The molecular weight excluding hydrogens is 428 g/mol. The molecule has 33 heavy (non-hydrogen) atoms. The Morgan fingerprint density at radius 1 is 0.727 bits per heavy atom. The van der Waals surface area contributed by atoms with E-state index in [1.807, 2.05) is 24.3 Å². The predicted octanol–water partition coefficient (Wildman–Crippen LogP) is 1.63. The summed E-state index contributed by atoms with van der Waals surface area (Å²) in [6.07, 6.45) is -2.22. The molecule has 6 atom stereocenters. The van der Waals surface area contributed by atoms with Crippen molar-refractivity contribution in [2.24, 2.45) is 0 Å². The van der Waals surface area contributed by atoms with Crippen LogP contribution in [0.2, 0.25) is 0 Å². The summed E-state index contributed by atoms with van der Waals surface area (Å²) in [5.74, 6) is 0.433. The minimum absolute atomic E-state index is 0.196.